The highest BCUT2D eigenvalue weighted by atomic mass is 16.5. The number of rotatable bonds is 3. The third-order valence-electron chi connectivity index (χ3n) is 3.13. The summed E-state index contributed by atoms with van der Waals surface area (Å²) in [6, 6.07) is 18.4. The molecule has 0 spiro atoms. The van der Waals surface area contributed by atoms with Crippen molar-refractivity contribution in [2.24, 2.45) is 0 Å². The van der Waals surface area contributed by atoms with Crippen LogP contribution in [-0.2, 0) is 0 Å². The number of ether oxygens (including phenoxy) is 1. The minimum absolute atomic E-state index is 0.450. The van der Waals surface area contributed by atoms with E-state index >= 15 is 0 Å². The first-order valence-electron chi connectivity index (χ1n) is 5.94. The Labute approximate surface area is 101 Å². The molecular formula is C15H15NO. The van der Waals surface area contributed by atoms with Crippen molar-refractivity contribution in [1.82, 2.24) is 0 Å². The molecule has 1 N–H and O–H groups in total. The molecule has 1 unspecified atom stereocenters. The molecule has 2 heteroatoms. The average Bonchev–Trinajstić information content (AvgIpc) is 2.81. The number of benzene rings is 2. The average molecular weight is 225 g/mol. The molecule has 0 radical (unpaired) electrons. The van der Waals surface area contributed by atoms with Crippen LogP contribution in [0.4, 0.5) is 5.69 Å². The van der Waals surface area contributed by atoms with Gasteiger partial charge in [-0.15, -0.1) is 0 Å². The summed E-state index contributed by atoms with van der Waals surface area (Å²) in [6.45, 7) is 1.69. The van der Waals surface area contributed by atoms with Crippen molar-refractivity contribution < 1.29 is 4.74 Å². The van der Waals surface area contributed by atoms with Crippen molar-refractivity contribution in [3.05, 3.63) is 60.2 Å². The maximum atomic E-state index is 5.81. The largest absolute Gasteiger partial charge is 0.493 e. The molecule has 0 fully saturated rings. The summed E-state index contributed by atoms with van der Waals surface area (Å²) in [4.78, 5) is 0. The predicted octanol–water partition coefficient (Wildman–Crippen LogP) is 3.27. The zero-order valence-electron chi connectivity index (χ0n) is 9.60. The van der Waals surface area contributed by atoms with Crippen molar-refractivity contribution in [2.75, 3.05) is 18.5 Å². The summed E-state index contributed by atoms with van der Waals surface area (Å²) in [5.74, 6) is 1.39. The van der Waals surface area contributed by atoms with Gasteiger partial charge in [-0.05, 0) is 23.8 Å². The molecule has 0 aromatic heterocycles. The summed E-state index contributed by atoms with van der Waals surface area (Å²) < 4.78 is 5.81. The van der Waals surface area contributed by atoms with E-state index in [9.17, 15) is 0 Å². The van der Waals surface area contributed by atoms with Gasteiger partial charge in [0.25, 0.3) is 0 Å². The van der Waals surface area contributed by atoms with Crippen molar-refractivity contribution >= 4 is 5.69 Å². The normalized spacial score (nSPS) is 17.3. The molecule has 2 aromatic rings. The standard InChI is InChI=1S/C15H15NO/c1-2-6-13(7-3-1)17-11-12-10-16-15-9-5-4-8-14(12)15/h1-9,12,16H,10-11H2. The second kappa shape index (κ2) is 4.50. The van der Waals surface area contributed by atoms with Crippen LogP contribution in [-0.4, -0.2) is 13.2 Å². The van der Waals surface area contributed by atoms with Gasteiger partial charge >= 0.3 is 0 Å². The minimum Gasteiger partial charge on any atom is -0.493 e. The van der Waals surface area contributed by atoms with Gasteiger partial charge in [0.2, 0.25) is 0 Å². The summed E-state index contributed by atoms with van der Waals surface area (Å²) in [5.41, 5.74) is 2.61. The molecule has 1 aliphatic heterocycles. The summed E-state index contributed by atoms with van der Waals surface area (Å²) in [7, 11) is 0. The molecule has 0 amide bonds. The topological polar surface area (TPSA) is 21.3 Å². The first-order chi connectivity index (χ1) is 8.43. The van der Waals surface area contributed by atoms with Crippen molar-refractivity contribution in [2.45, 2.75) is 5.92 Å². The lowest BCUT2D eigenvalue weighted by Crippen LogP contribution is -2.12. The Kier molecular flexibility index (Phi) is 2.70. The highest BCUT2D eigenvalue weighted by Crippen LogP contribution is 2.31. The Balaban J connectivity index is 1.68. The van der Waals surface area contributed by atoms with Crippen LogP contribution < -0.4 is 10.1 Å². The fraction of sp³-hybridized carbons (Fsp3) is 0.200. The van der Waals surface area contributed by atoms with Gasteiger partial charge in [-0.2, -0.15) is 0 Å². The van der Waals surface area contributed by atoms with Crippen LogP contribution in [0, 0.1) is 0 Å². The van der Waals surface area contributed by atoms with Crippen molar-refractivity contribution in [1.29, 1.82) is 0 Å². The van der Waals surface area contributed by atoms with E-state index in [1.807, 2.05) is 30.3 Å². The molecule has 0 aliphatic carbocycles. The van der Waals surface area contributed by atoms with Gasteiger partial charge in [0.15, 0.2) is 0 Å². The number of hydrogen-bond acceptors (Lipinski definition) is 2. The van der Waals surface area contributed by atoms with E-state index in [0.717, 1.165) is 18.9 Å². The second-order valence-electron chi connectivity index (χ2n) is 4.29. The molecule has 1 heterocycles. The third kappa shape index (κ3) is 2.11. The van der Waals surface area contributed by atoms with E-state index in [1.54, 1.807) is 0 Å². The van der Waals surface area contributed by atoms with Crippen molar-refractivity contribution in [3.8, 4) is 5.75 Å². The summed E-state index contributed by atoms with van der Waals surface area (Å²) in [5, 5.41) is 3.41. The van der Waals surface area contributed by atoms with Gasteiger partial charge in [-0.25, -0.2) is 0 Å². The fourth-order valence-electron chi connectivity index (χ4n) is 2.22. The molecule has 17 heavy (non-hydrogen) atoms. The Hall–Kier alpha value is -1.96. The molecule has 0 saturated carbocycles. The van der Waals surface area contributed by atoms with Crippen LogP contribution in [0.5, 0.6) is 5.75 Å². The third-order valence-corrected chi connectivity index (χ3v) is 3.13. The van der Waals surface area contributed by atoms with E-state index in [4.69, 9.17) is 4.74 Å². The lowest BCUT2D eigenvalue weighted by molar-refractivity contribution is 0.296. The number of fused-ring (bicyclic) bond motifs is 1. The number of anilines is 1. The number of nitrogens with one attached hydrogen (secondary N) is 1. The minimum atomic E-state index is 0.450. The lowest BCUT2D eigenvalue weighted by Gasteiger charge is -2.11. The van der Waals surface area contributed by atoms with Gasteiger partial charge in [-0.3, -0.25) is 0 Å². The molecule has 1 aliphatic rings. The lowest BCUT2D eigenvalue weighted by atomic mass is 10.0. The van der Waals surface area contributed by atoms with Crippen LogP contribution in [0.1, 0.15) is 11.5 Å². The van der Waals surface area contributed by atoms with E-state index in [2.05, 4.69) is 29.6 Å². The zero-order valence-corrected chi connectivity index (χ0v) is 9.60. The van der Waals surface area contributed by atoms with E-state index in [-0.39, 0.29) is 0 Å². The Bertz CT molecular complexity index is 495. The zero-order chi connectivity index (χ0) is 11.5. The molecule has 86 valence electrons. The van der Waals surface area contributed by atoms with Crippen LogP contribution in [0.3, 0.4) is 0 Å². The molecule has 2 nitrogen and oxygen atoms in total. The summed E-state index contributed by atoms with van der Waals surface area (Å²) in [6.07, 6.45) is 0. The first-order valence-corrected chi connectivity index (χ1v) is 5.94. The molecule has 0 saturated heterocycles. The monoisotopic (exact) mass is 225 g/mol. The Morgan fingerprint density at radius 2 is 1.76 bits per heavy atom. The predicted molar refractivity (Wildman–Crippen MR) is 69.6 cm³/mol. The van der Waals surface area contributed by atoms with Crippen LogP contribution in [0.2, 0.25) is 0 Å². The van der Waals surface area contributed by atoms with E-state index < -0.39 is 0 Å². The van der Waals surface area contributed by atoms with Crippen LogP contribution >= 0.6 is 0 Å². The van der Waals surface area contributed by atoms with Gasteiger partial charge < -0.3 is 10.1 Å². The van der Waals surface area contributed by atoms with Gasteiger partial charge in [0.05, 0.1) is 6.61 Å². The SMILES string of the molecule is c1ccc(OCC2CNc3ccccc32)cc1. The van der Waals surface area contributed by atoms with E-state index in [1.165, 1.54) is 11.3 Å². The second-order valence-corrected chi connectivity index (χ2v) is 4.29. The van der Waals surface area contributed by atoms with Gasteiger partial charge in [0, 0.05) is 18.2 Å². The fourth-order valence-corrected chi connectivity index (χ4v) is 2.22. The number of para-hydroxylation sites is 2. The Morgan fingerprint density at radius 1 is 1.00 bits per heavy atom. The molecule has 2 aromatic carbocycles. The van der Waals surface area contributed by atoms with Crippen LogP contribution in [0.25, 0.3) is 0 Å². The maximum Gasteiger partial charge on any atom is 0.119 e. The Morgan fingerprint density at radius 3 is 2.65 bits per heavy atom. The summed E-state index contributed by atoms with van der Waals surface area (Å²) >= 11 is 0. The van der Waals surface area contributed by atoms with E-state index in [0.29, 0.717) is 5.92 Å². The molecule has 0 bridgehead atoms. The first kappa shape index (κ1) is 10.2. The highest BCUT2D eigenvalue weighted by Gasteiger charge is 2.21. The maximum absolute atomic E-state index is 5.81. The number of hydrogen-bond donors (Lipinski definition) is 1. The van der Waals surface area contributed by atoms with Gasteiger partial charge in [-0.1, -0.05) is 36.4 Å². The van der Waals surface area contributed by atoms with Gasteiger partial charge in [0.1, 0.15) is 5.75 Å². The van der Waals surface area contributed by atoms with Crippen molar-refractivity contribution in [3.63, 3.8) is 0 Å². The highest BCUT2D eigenvalue weighted by molar-refractivity contribution is 5.57. The van der Waals surface area contributed by atoms with Crippen LogP contribution in [0.15, 0.2) is 54.6 Å². The quantitative estimate of drug-likeness (QED) is 0.865. The molecule has 3 rings (SSSR count). The molecular weight excluding hydrogens is 210 g/mol. The smallest absolute Gasteiger partial charge is 0.119 e. The molecule has 1 atom stereocenters.